The van der Waals surface area contributed by atoms with Crippen LogP contribution in [-0.4, -0.2) is 30.6 Å². The molecule has 0 saturated heterocycles. The third-order valence-electron chi connectivity index (χ3n) is 3.41. The molecule has 0 bridgehead atoms. The summed E-state index contributed by atoms with van der Waals surface area (Å²) in [5, 5.41) is 1.36. The van der Waals surface area contributed by atoms with Crippen LogP contribution in [0.25, 0.3) is 0 Å². The van der Waals surface area contributed by atoms with Crippen LogP contribution in [0.4, 0.5) is 0 Å². The maximum atomic E-state index is 12.7. The predicted octanol–water partition coefficient (Wildman–Crippen LogP) is 3.67. The molecule has 1 fully saturated rings. The Kier molecular flexibility index (Phi) is 5.29. The van der Waals surface area contributed by atoms with Gasteiger partial charge in [-0.1, -0.05) is 34.0 Å². The lowest BCUT2D eigenvalue weighted by atomic mass is 9.93. The average Bonchev–Trinajstić information content (AvgIpc) is 2.32. The number of hydrogen-bond donors (Lipinski definition) is 0. The Balaban J connectivity index is 2.24. The molecule has 0 radical (unpaired) electrons. The minimum atomic E-state index is -3.40. The van der Waals surface area contributed by atoms with Gasteiger partial charge in [0.25, 0.3) is 0 Å². The molecule has 6 heteroatoms. The summed E-state index contributed by atoms with van der Waals surface area (Å²) in [6.45, 7) is 0.570. The highest BCUT2D eigenvalue weighted by Gasteiger charge is 2.34. The summed E-state index contributed by atoms with van der Waals surface area (Å²) < 4.78 is 27.0. The van der Waals surface area contributed by atoms with E-state index in [4.69, 9.17) is 11.6 Å². The first-order valence-corrected chi connectivity index (χ1v) is 9.33. The Morgan fingerprint density at radius 2 is 1.89 bits per heavy atom. The van der Waals surface area contributed by atoms with Crippen LogP contribution in [0.2, 0.25) is 5.02 Å². The van der Waals surface area contributed by atoms with Crippen LogP contribution >= 0.6 is 27.5 Å². The molecule has 0 heterocycles. The molecule has 0 N–H and O–H groups in total. The molecule has 3 nitrogen and oxygen atoms in total. The van der Waals surface area contributed by atoms with Gasteiger partial charge in [0.2, 0.25) is 10.0 Å². The first kappa shape index (κ1) is 15.3. The smallest absolute Gasteiger partial charge is 0.207 e. The van der Waals surface area contributed by atoms with E-state index in [1.807, 2.05) is 0 Å². The zero-order valence-electron chi connectivity index (χ0n) is 10.6. The van der Waals surface area contributed by atoms with E-state index in [2.05, 4.69) is 15.9 Å². The van der Waals surface area contributed by atoms with Crippen LogP contribution in [-0.2, 0) is 10.0 Å². The zero-order chi connectivity index (χ0) is 13.9. The molecule has 0 aromatic heterocycles. The van der Waals surface area contributed by atoms with E-state index in [0.29, 0.717) is 16.5 Å². The van der Waals surface area contributed by atoms with Gasteiger partial charge >= 0.3 is 0 Å². The van der Waals surface area contributed by atoms with Gasteiger partial charge in [0, 0.05) is 22.9 Å². The minimum Gasteiger partial charge on any atom is -0.207 e. The van der Waals surface area contributed by atoms with E-state index in [-0.39, 0.29) is 6.04 Å². The molecule has 0 unspecified atom stereocenters. The molecule has 0 aliphatic heterocycles. The lowest BCUT2D eigenvalue weighted by molar-refractivity contribution is 0.220. The number of benzene rings is 1. The Morgan fingerprint density at radius 1 is 1.26 bits per heavy atom. The van der Waals surface area contributed by atoms with Crippen molar-refractivity contribution >= 4 is 37.6 Å². The van der Waals surface area contributed by atoms with Crippen LogP contribution in [0.1, 0.15) is 25.7 Å². The second-order valence-corrected chi connectivity index (χ2v) is 7.82. The molecule has 1 aliphatic carbocycles. The Morgan fingerprint density at radius 3 is 2.37 bits per heavy atom. The highest BCUT2D eigenvalue weighted by atomic mass is 79.9. The Labute approximate surface area is 128 Å². The van der Waals surface area contributed by atoms with Crippen LogP contribution in [0.3, 0.4) is 0 Å². The minimum absolute atomic E-state index is 0.166. The summed E-state index contributed by atoms with van der Waals surface area (Å²) in [6.07, 6.45) is 3.87. The number of nitrogens with zero attached hydrogens (tertiary/aromatic N) is 1. The van der Waals surface area contributed by atoms with E-state index >= 15 is 0 Å². The van der Waals surface area contributed by atoms with Gasteiger partial charge in [0.15, 0.2) is 0 Å². The number of sulfonamides is 1. The fraction of sp³-hybridized carbons (Fsp3) is 0.538. The molecule has 106 valence electrons. The quantitative estimate of drug-likeness (QED) is 0.720. The molecule has 0 spiro atoms. The van der Waals surface area contributed by atoms with Crippen LogP contribution in [0.5, 0.6) is 0 Å². The van der Waals surface area contributed by atoms with Crippen molar-refractivity contribution in [2.24, 2.45) is 0 Å². The fourth-order valence-corrected chi connectivity index (χ4v) is 4.23. The number of alkyl halides is 1. The summed E-state index contributed by atoms with van der Waals surface area (Å²) >= 11 is 9.17. The second kappa shape index (κ2) is 6.57. The van der Waals surface area contributed by atoms with Crippen molar-refractivity contribution in [3.63, 3.8) is 0 Å². The van der Waals surface area contributed by atoms with E-state index in [0.717, 1.165) is 31.0 Å². The van der Waals surface area contributed by atoms with E-state index in [1.165, 1.54) is 0 Å². The average molecular weight is 367 g/mol. The van der Waals surface area contributed by atoms with Crippen molar-refractivity contribution in [1.29, 1.82) is 0 Å². The maximum absolute atomic E-state index is 12.7. The van der Waals surface area contributed by atoms with Crippen molar-refractivity contribution < 1.29 is 8.42 Å². The van der Waals surface area contributed by atoms with Crippen LogP contribution in [0, 0.1) is 0 Å². The first-order chi connectivity index (χ1) is 9.05. The van der Waals surface area contributed by atoms with Gasteiger partial charge in [-0.15, -0.1) is 0 Å². The van der Waals surface area contributed by atoms with Crippen molar-refractivity contribution in [3.8, 4) is 0 Å². The summed E-state index contributed by atoms with van der Waals surface area (Å²) in [4.78, 5) is 0.332. The molecule has 19 heavy (non-hydrogen) atoms. The van der Waals surface area contributed by atoms with Gasteiger partial charge in [0.1, 0.15) is 0 Å². The lowest BCUT2D eigenvalue weighted by Gasteiger charge is -2.36. The normalized spacial score (nSPS) is 16.6. The molecule has 1 aromatic rings. The largest absolute Gasteiger partial charge is 0.243 e. The highest BCUT2D eigenvalue weighted by molar-refractivity contribution is 9.09. The van der Waals surface area contributed by atoms with E-state index in [9.17, 15) is 8.42 Å². The van der Waals surface area contributed by atoms with Gasteiger partial charge in [-0.25, -0.2) is 8.42 Å². The molecule has 1 saturated carbocycles. The highest BCUT2D eigenvalue weighted by Crippen LogP contribution is 2.30. The number of halogens is 2. The first-order valence-electron chi connectivity index (χ1n) is 6.39. The van der Waals surface area contributed by atoms with Gasteiger partial charge in [-0.2, -0.15) is 4.31 Å². The molecule has 2 rings (SSSR count). The third-order valence-corrected chi connectivity index (χ3v) is 6.19. The summed E-state index contributed by atoms with van der Waals surface area (Å²) in [5.41, 5.74) is 0. The van der Waals surface area contributed by atoms with Gasteiger partial charge in [0.05, 0.1) is 4.90 Å². The van der Waals surface area contributed by atoms with Gasteiger partial charge < -0.3 is 0 Å². The van der Waals surface area contributed by atoms with Crippen molar-refractivity contribution in [2.45, 2.75) is 36.6 Å². The van der Waals surface area contributed by atoms with E-state index in [1.54, 1.807) is 28.6 Å². The molecule has 0 amide bonds. The summed E-state index contributed by atoms with van der Waals surface area (Å²) in [7, 11) is -3.40. The van der Waals surface area contributed by atoms with Crippen LogP contribution in [0.15, 0.2) is 29.2 Å². The van der Waals surface area contributed by atoms with Gasteiger partial charge in [-0.05, 0) is 43.5 Å². The van der Waals surface area contributed by atoms with Gasteiger partial charge in [-0.3, -0.25) is 0 Å². The van der Waals surface area contributed by atoms with E-state index < -0.39 is 10.0 Å². The Hall–Kier alpha value is -0.100. The lowest BCUT2D eigenvalue weighted by Crippen LogP contribution is -2.44. The van der Waals surface area contributed by atoms with Crippen LogP contribution < -0.4 is 0 Å². The topological polar surface area (TPSA) is 37.4 Å². The van der Waals surface area contributed by atoms with Crippen molar-refractivity contribution in [1.82, 2.24) is 4.31 Å². The maximum Gasteiger partial charge on any atom is 0.243 e. The number of rotatable bonds is 6. The summed E-state index contributed by atoms with van der Waals surface area (Å²) in [5.74, 6) is 0. The second-order valence-electron chi connectivity index (χ2n) is 4.70. The molecular weight excluding hydrogens is 350 g/mol. The molecule has 1 aromatic carbocycles. The molecular formula is C13H17BrClNO2S. The SMILES string of the molecule is O=S(=O)(c1ccc(Cl)cc1)N(CCCBr)C1CCC1. The van der Waals surface area contributed by atoms with Crippen molar-refractivity contribution in [2.75, 3.05) is 11.9 Å². The summed E-state index contributed by atoms with van der Waals surface area (Å²) in [6, 6.07) is 6.57. The Bertz CT molecular complexity index is 514. The fourth-order valence-electron chi connectivity index (χ4n) is 2.13. The molecule has 1 aliphatic rings. The zero-order valence-corrected chi connectivity index (χ0v) is 13.7. The predicted molar refractivity (Wildman–Crippen MR) is 81.4 cm³/mol. The van der Waals surface area contributed by atoms with Crippen molar-refractivity contribution in [3.05, 3.63) is 29.3 Å². The third kappa shape index (κ3) is 3.51. The standard InChI is InChI=1S/C13H17BrClNO2S/c14-9-2-10-16(12-3-1-4-12)19(17,18)13-7-5-11(15)6-8-13/h5-8,12H,1-4,9-10H2. The number of hydrogen-bond acceptors (Lipinski definition) is 2. The monoisotopic (exact) mass is 365 g/mol. The molecule has 0 atom stereocenters.